The second-order valence-electron chi connectivity index (χ2n) is 5.79. The predicted octanol–water partition coefficient (Wildman–Crippen LogP) is 2.85. The van der Waals surface area contributed by atoms with Crippen LogP contribution in [0.2, 0.25) is 0 Å². The normalized spacial score (nSPS) is 16.0. The summed E-state index contributed by atoms with van der Waals surface area (Å²) < 4.78 is 10.5. The van der Waals surface area contributed by atoms with Crippen molar-refractivity contribution in [3.05, 3.63) is 36.1 Å². The molecule has 1 fully saturated rings. The Bertz CT molecular complexity index is 650. The Hall–Kier alpha value is -2.30. The molecule has 1 aromatic heterocycles. The Kier molecular flexibility index (Phi) is 4.13. The van der Waals surface area contributed by atoms with Crippen molar-refractivity contribution >= 4 is 22.8 Å². The highest BCUT2D eigenvalue weighted by Gasteiger charge is 2.22. The van der Waals surface area contributed by atoms with Crippen LogP contribution in [0.25, 0.3) is 11.0 Å². The van der Waals surface area contributed by atoms with Gasteiger partial charge in [-0.05, 0) is 30.9 Å². The van der Waals surface area contributed by atoms with Crippen molar-refractivity contribution in [2.45, 2.75) is 19.8 Å². The molecule has 1 aliphatic heterocycles. The van der Waals surface area contributed by atoms with E-state index in [9.17, 15) is 9.59 Å². The van der Waals surface area contributed by atoms with Crippen molar-refractivity contribution in [3.8, 4) is 0 Å². The third-order valence-electron chi connectivity index (χ3n) is 4.09. The molecule has 0 unspecified atom stereocenters. The van der Waals surface area contributed by atoms with Crippen molar-refractivity contribution in [1.29, 1.82) is 0 Å². The Morgan fingerprint density at radius 3 is 2.73 bits per heavy atom. The first-order valence-electron chi connectivity index (χ1n) is 7.57. The average Bonchev–Trinajstić information content (AvgIpc) is 2.97. The summed E-state index contributed by atoms with van der Waals surface area (Å²) in [5.41, 5.74) is 0.630. The Labute approximate surface area is 128 Å². The fourth-order valence-electron chi connectivity index (χ4n) is 2.63. The van der Waals surface area contributed by atoms with Crippen LogP contribution in [0, 0.1) is 5.92 Å². The molecule has 1 saturated heterocycles. The number of likely N-dealkylation sites (tertiary alicyclic amines) is 1. The molecule has 1 aliphatic rings. The SMILES string of the molecule is CC1CCN(C(=O)COC(=O)c2cc3ccccc3o2)CC1. The van der Waals surface area contributed by atoms with Crippen LogP contribution >= 0.6 is 0 Å². The number of carbonyl (C=O) groups is 2. The molecule has 3 rings (SSSR count). The first kappa shape index (κ1) is 14.6. The van der Waals surface area contributed by atoms with Gasteiger partial charge in [0.15, 0.2) is 6.61 Å². The van der Waals surface area contributed by atoms with E-state index in [0.29, 0.717) is 11.5 Å². The Balaban J connectivity index is 1.56. The lowest BCUT2D eigenvalue weighted by molar-refractivity contribution is -0.135. The van der Waals surface area contributed by atoms with Gasteiger partial charge in [0.1, 0.15) is 5.58 Å². The minimum Gasteiger partial charge on any atom is -0.450 e. The van der Waals surface area contributed by atoms with Crippen LogP contribution in [0.4, 0.5) is 0 Å². The number of hydrogen-bond donors (Lipinski definition) is 0. The van der Waals surface area contributed by atoms with E-state index < -0.39 is 5.97 Å². The molecule has 1 aromatic carbocycles. The number of ether oxygens (including phenoxy) is 1. The zero-order chi connectivity index (χ0) is 15.5. The summed E-state index contributed by atoms with van der Waals surface area (Å²) in [7, 11) is 0. The van der Waals surface area contributed by atoms with Crippen LogP contribution in [0.15, 0.2) is 34.7 Å². The van der Waals surface area contributed by atoms with Gasteiger partial charge in [-0.2, -0.15) is 0 Å². The second kappa shape index (κ2) is 6.22. The summed E-state index contributed by atoms with van der Waals surface area (Å²) in [6.45, 7) is 3.43. The number of fused-ring (bicyclic) bond motifs is 1. The monoisotopic (exact) mass is 301 g/mol. The lowest BCUT2D eigenvalue weighted by Crippen LogP contribution is -2.40. The highest BCUT2D eigenvalue weighted by molar-refractivity contribution is 5.93. The standard InChI is InChI=1S/C17H19NO4/c1-12-6-8-18(9-7-12)16(19)11-21-17(20)15-10-13-4-2-3-5-14(13)22-15/h2-5,10,12H,6-9,11H2,1H3. The molecule has 1 amide bonds. The zero-order valence-electron chi connectivity index (χ0n) is 12.6. The molecule has 0 spiro atoms. The summed E-state index contributed by atoms with van der Waals surface area (Å²) in [6, 6.07) is 8.97. The maximum Gasteiger partial charge on any atom is 0.374 e. The lowest BCUT2D eigenvalue weighted by Gasteiger charge is -2.30. The van der Waals surface area contributed by atoms with Crippen LogP contribution in [0.3, 0.4) is 0 Å². The number of carbonyl (C=O) groups excluding carboxylic acids is 2. The molecule has 0 saturated carbocycles. The van der Waals surface area contributed by atoms with Crippen molar-refractivity contribution in [2.24, 2.45) is 5.92 Å². The van der Waals surface area contributed by atoms with Crippen LogP contribution in [0.1, 0.15) is 30.3 Å². The topological polar surface area (TPSA) is 59.8 Å². The Morgan fingerprint density at radius 2 is 2.00 bits per heavy atom. The van der Waals surface area contributed by atoms with Crippen molar-refractivity contribution in [2.75, 3.05) is 19.7 Å². The first-order chi connectivity index (χ1) is 10.6. The molecule has 116 valence electrons. The van der Waals surface area contributed by atoms with Gasteiger partial charge < -0.3 is 14.1 Å². The number of amides is 1. The number of benzene rings is 1. The van der Waals surface area contributed by atoms with E-state index in [1.807, 2.05) is 18.2 Å². The predicted molar refractivity (Wildman–Crippen MR) is 81.5 cm³/mol. The fraction of sp³-hybridized carbons (Fsp3) is 0.412. The number of piperidine rings is 1. The summed E-state index contributed by atoms with van der Waals surface area (Å²) >= 11 is 0. The molecular formula is C17H19NO4. The van der Waals surface area contributed by atoms with E-state index in [1.54, 1.807) is 17.0 Å². The first-order valence-corrected chi connectivity index (χ1v) is 7.57. The third kappa shape index (κ3) is 3.13. The average molecular weight is 301 g/mol. The quantitative estimate of drug-likeness (QED) is 0.818. The molecule has 0 aliphatic carbocycles. The summed E-state index contributed by atoms with van der Waals surface area (Å²) in [6.07, 6.45) is 2.01. The van der Waals surface area contributed by atoms with Gasteiger partial charge in [-0.25, -0.2) is 4.79 Å². The van der Waals surface area contributed by atoms with E-state index in [-0.39, 0.29) is 18.3 Å². The van der Waals surface area contributed by atoms with E-state index in [2.05, 4.69) is 6.92 Å². The van der Waals surface area contributed by atoms with Gasteiger partial charge in [0.25, 0.3) is 5.91 Å². The van der Waals surface area contributed by atoms with Crippen LogP contribution in [0.5, 0.6) is 0 Å². The number of esters is 1. The maximum absolute atomic E-state index is 12.0. The van der Waals surface area contributed by atoms with Crippen LogP contribution in [-0.2, 0) is 9.53 Å². The van der Waals surface area contributed by atoms with E-state index >= 15 is 0 Å². The molecule has 0 N–H and O–H groups in total. The van der Waals surface area contributed by atoms with Crippen LogP contribution < -0.4 is 0 Å². The highest BCUT2D eigenvalue weighted by Crippen LogP contribution is 2.20. The van der Waals surface area contributed by atoms with Crippen molar-refractivity contribution < 1.29 is 18.7 Å². The molecule has 2 aromatic rings. The van der Waals surface area contributed by atoms with Crippen molar-refractivity contribution in [3.63, 3.8) is 0 Å². The van der Waals surface area contributed by atoms with Gasteiger partial charge in [-0.1, -0.05) is 25.1 Å². The van der Waals surface area contributed by atoms with Gasteiger partial charge in [0, 0.05) is 18.5 Å². The molecule has 0 bridgehead atoms. The van der Waals surface area contributed by atoms with Gasteiger partial charge >= 0.3 is 5.97 Å². The van der Waals surface area contributed by atoms with Gasteiger partial charge in [0.2, 0.25) is 5.76 Å². The minimum atomic E-state index is -0.602. The molecule has 5 nitrogen and oxygen atoms in total. The smallest absolute Gasteiger partial charge is 0.374 e. The molecular weight excluding hydrogens is 282 g/mol. The molecule has 22 heavy (non-hydrogen) atoms. The second-order valence-corrected chi connectivity index (χ2v) is 5.79. The van der Waals surface area contributed by atoms with Gasteiger partial charge in [-0.15, -0.1) is 0 Å². The molecule has 0 atom stereocenters. The number of nitrogens with zero attached hydrogens (tertiary/aromatic N) is 1. The van der Waals surface area contributed by atoms with Crippen molar-refractivity contribution in [1.82, 2.24) is 4.90 Å². The third-order valence-corrected chi connectivity index (χ3v) is 4.09. The number of hydrogen-bond acceptors (Lipinski definition) is 4. The van der Waals surface area contributed by atoms with Gasteiger partial charge in [-0.3, -0.25) is 4.79 Å². The largest absolute Gasteiger partial charge is 0.450 e. The lowest BCUT2D eigenvalue weighted by atomic mass is 9.99. The number of rotatable bonds is 3. The summed E-state index contributed by atoms with van der Waals surface area (Å²) in [5, 5.41) is 0.839. The van der Waals surface area contributed by atoms with E-state index in [0.717, 1.165) is 31.3 Å². The van der Waals surface area contributed by atoms with Gasteiger partial charge in [0.05, 0.1) is 0 Å². The maximum atomic E-state index is 12.0. The zero-order valence-corrected chi connectivity index (χ0v) is 12.6. The van der Waals surface area contributed by atoms with Crippen LogP contribution in [-0.4, -0.2) is 36.5 Å². The molecule has 2 heterocycles. The number of furan rings is 1. The van der Waals surface area contributed by atoms with E-state index in [4.69, 9.17) is 9.15 Å². The molecule has 5 heteroatoms. The summed E-state index contributed by atoms with van der Waals surface area (Å²) in [5.74, 6) is 0.0368. The Morgan fingerprint density at radius 1 is 1.27 bits per heavy atom. The minimum absolute atomic E-state index is 0.126. The highest BCUT2D eigenvalue weighted by atomic mass is 16.5. The fourth-order valence-corrected chi connectivity index (χ4v) is 2.63. The van der Waals surface area contributed by atoms with E-state index in [1.165, 1.54) is 0 Å². The summed E-state index contributed by atoms with van der Waals surface area (Å²) in [4.78, 5) is 25.8. The number of para-hydroxylation sites is 1. The molecule has 0 radical (unpaired) electrons.